The monoisotopic (exact) mass is 265 g/mol. The maximum Gasteiger partial charge on any atom is 0.248 e. The Bertz CT molecular complexity index is 515. The molecule has 1 aliphatic rings. The van der Waals surface area contributed by atoms with Gasteiger partial charge in [-0.2, -0.15) is 0 Å². The molecule has 0 saturated carbocycles. The third kappa shape index (κ3) is 2.90. The van der Waals surface area contributed by atoms with Gasteiger partial charge in [0.05, 0.1) is 5.69 Å². The molecule has 1 aliphatic heterocycles. The molecule has 1 heterocycles. The van der Waals surface area contributed by atoms with Crippen molar-refractivity contribution in [2.45, 2.75) is 6.92 Å². The van der Waals surface area contributed by atoms with Crippen molar-refractivity contribution < 1.29 is 14.0 Å². The maximum atomic E-state index is 13.6. The number of carbonyl (C=O) groups excluding carboxylic acids is 2. The number of hydrogen-bond donors (Lipinski definition) is 3. The highest BCUT2D eigenvalue weighted by atomic mass is 19.1. The number of carbonyl (C=O) groups is 2. The average molecular weight is 265 g/mol. The zero-order chi connectivity index (χ0) is 14.0. The van der Waals surface area contributed by atoms with E-state index in [-0.39, 0.29) is 29.0 Å². The van der Waals surface area contributed by atoms with Gasteiger partial charge in [0.25, 0.3) is 0 Å². The summed E-state index contributed by atoms with van der Waals surface area (Å²) >= 11 is 0. The highest BCUT2D eigenvalue weighted by molar-refractivity contribution is 5.97. The van der Waals surface area contributed by atoms with Crippen LogP contribution in [0.2, 0.25) is 0 Å². The van der Waals surface area contributed by atoms with E-state index in [1.807, 2.05) is 0 Å². The summed E-state index contributed by atoms with van der Waals surface area (Å²) in [6.45, 7) is 3.38. The number of nitrogens with two attached hydrogens (primary N) is 1. The lowest BCUT2D eigenvalue weighted by Crippen LogP contribution is -2.48. The molecule has 1 saturated heterocycles. The number of rotatable bonds is 4. The normalized spacial score (nSPS) is 16.5. The molecule has 0 aromatic heterocycles. The molecule has 1 fully saturated rings. The first-order valence-electron chi connectivity index (χ1n) is 6.10. The van der Waals surface area contributed by atoms with E-state index in [1.54, 1.807) is 6.92 Å². The van der Waals surface area contributed by atoms with Crippen molar-refractivity contribution in [2.24, 2.45) is 17.6 Å². The lowest BCUT2D eigenvalue weighted by atomic mass is 9.88. The van der Waals surface area contributed by atoms with Gasteiger partial charge >= 0.3 is 0 Å². The van der Waals surface area contributed by atoms with E-state index in [0.29, 0.717) is 0 Å². The summed E-state index contributed by atoms with van der Waals surface area (Å²) in [7, 11) is 0. The van der Waals surface area contributed by atoms with E-state index in [2.05, 4.69) is 10.6 Å². The van der Waals surface area contributed by atoms with E-state index in [9.17, 15) is 14.0 Å². The number of hydrogen-bond acceptors (Lipinski definition) is 3. The highest BCUT2D eigenvalue weighted by Gasteiger charge is 2.29. The summed E-state index contributed by atoms with van der Waals surface area (Å²) in [5.74, 6) is -1.45. The Morgan fingerprint density at radius 1 is 1.47 bits per heavy atom. The highest BCUT2D eigenvalue weighted by Crippen LogP contribution is 2.21. The van der Waals surface area contributed by atoms with Gasteiger partial charge in [-0.25, -0.2) is 4.39 Å². The van der Waals surface area contributed by atoms with Gasteiger partial charge in [0.15, 0.2) is 0 Å². The van der Waals surface area contributed by atoms with Crippen molar-refractivity contribution in [2.75, 3.05) is 18.4 Å². The molecule has 2 amide bonds. The predicted molar refractivity (Wildman–Crippen MR) is 69.1 cm³/mol. The zero-order valence-electron chi connectivity index (χ0n) is 10.6. The van der Waals surface area contributed by atoms with Crippen molar-refractivity contribution in [3.05, 3.63) is 29.6 Å². The maximum absolute atomic E-state index is 13.6. The minimum Gasteiger partial charge on any atom is -0.366 e. The fourth-order valence-corrected chi connectivity index (χ4v) is 1.90. The van der Waals surface area contributed by atoms with Gasteiger partial charge in [0, 0.05) is 11.5 Å². The first-order chi connectivity index (χ1) is 8.99. The second kappa shape index (κ2) is 5.36. The van der Waals surface area contributed by atoms with Crippen LogP contribution < -0.4 is 16.4 Å². The molecule has 0 bridgehead atoms. The van der Waals surface area contributed by atoms with Crippen LogP contribution in [0.25, 0.3) is 0 Å². The third-order valence-corrected chi connectivity index (χ3v) is 3.44. The van der Waals surface area contributed by atoms with Crippen molar-refractivity contribution in [3.63, 3.8) is 0 Å². The largest absolute Gasteiger partial charge is 0.366 e. The Morgan fingerprint density at radius 2 is 2.16 bits per heavy atom. The van der Waals surface area contributed by atoms with Crippen LogP contribution in [0.5, 0.6) is 0 Å². The van der Waals surface area contributed by atoms with E-state index < -0.39 is 11.7 Å². The molecule has 1 aromatic carbocycles. The van der Waals surface area contributed by atoms with Crippen molar-refractivity contribution in [3.8, 4) is 0 Å². The third-order valence-electron chi connectivity index (χ3n) is 3.44. The van der Waals surface area contributed by atoms with Crippen LogP contribution in [0, 0.1) is 17.7 Å². The molecule has 1 aromatic rings. The van der Waals surface area contributed by atoms with Gasteiger partial charge in [-0.05, 0) is 37.2 Å². The first kappa shape index (κ1) is 13.5. The summed E-state index contributed by atoms with van der Waals surface area (Å²) in [4.78, 5) is 23.0. The molecule has 1 unspecified atom stereocenters. The van der Waals surface area contributed by atoms with Crippen LogP contribution in [-0.2, 0) is 4.79 Å². The lowest BCUT2D eigenvalue weighted by molar-refractivity contribution is -0.121. The fraction of sp³-hybridized carbons (Fsp3) is 0.385. The zero-order valence-corrected chi connectivity index (χ0v) is 10.6. The molecule has 19 heavy (non-hydrogen) atoms. The van der Waals surface area contributed by atoms with Gasteiger partial charge in [0.1, 0.15) is 5.82 Å². The smallest absolute Gasteiger partial charge is 0.248 e. The SMILES string of the molecule is CC(C(=O)Nc1cc(C(N)=O)ccc1F)C1CNC1. The number of benzene rings is 1. The van der Waals surface area contributed by atoms with Crippen LogP contribution in [0.1, 0.15) is 17.3 Å². The molecule has 0 radical (unpaired) electrons. The molecule has 6 heteroatoms. The van der Waals surface area contributed by atoms with Crippen LogP contribution in [-0.4, -0.2) is 24.9 Å². The van der Waals surface area contributed by atoms with Gasteiger partial charge < -0.3 is 16.4 Å². The van der Waals surface area contributed by atoms with Crippen LogP contribution in [0.3, 0.4) is 0 Å². The summed E-state index contributed by atoms with van der Waals surface area (Å²) in [5, 5.41) is 5.59. The Labute approximate surface area is 110 Å². The Balaban J connectivity index is 2.11. The molecule has 1 atom stereocenters. The number of halogens is 1. The Kier molecular flexibility index (Phi) is 3.80. The topological polar surface area (TPSA) is 84.2 Å². The molecule has 0 aliphatic carbocycles. The molecule has 5 nitrogen and oxygen atoms in total. The van der Waals surface area contributed by atoms with Gasteiger partial charge in [-0.3, -0.25) is 9.59 Å². The van der Waals surface area contributed by atoms with Crippen molar-refractivity contribution in [1.29, 1.82) is 0 Å². The number of nitrogens with one attached hydrogen (secondary N) is 2. The van der Waals surface area contributed by atoms with E-state index in [1.165, 1.54) is 12.1 Å². The van der Waals surface area contributed by atoms with E-state index in [4.69, 9.17) is 5.73 Å². The molecule has 102 valence electrons. The van der Waals surface area contributed by atoms with Crippen molar-refractivity contribution in [1.82, 2.24) is 5.32 Å². The number of amides is 2. The Hall–Kier alpha value is -1.95. The molecule has 0 spiro atoms. The fourth-order valence-electron chi connectivity index (χ4n) is 1.90. The Morgan fingerprint density at radius 3 is 2.68 bits per heavy atom. The van der Waals surface area contributed by atoms with Gasteiger partial charge in [-0.1, -0.05) is 6.92 Å². The van der Waals surface area contributed by atoms with Gasteiger partial charge in [-0.15, -0.1) is 0 Å². The second-order valence-corrected chi connectivity index (χ2v) is 4.76. The van der Waals surface area contributed by atoms with E-state index in [0.717, 1.165) is 19.2 Å². The van der Waals surface area contributed by atoms with Crippen molar-refractivity contribution >= 4 is 17.5 Å². The predicted octanol–water partition coefficient (Wildman–Crippen LogP) is 0.719. The molecular weight excluding hydrogens is 249 g/mol. The average Bonchev–Trinajstić information content (AvgIpc) is 2.29. The molecular formula is C13H16FN3O2. The summed E-state index contributed by atoms with van der Waals surface area (Å²) in [6, 6.07) is 3.65. The number of anilines is 1. The quantitative estimate of drug-likeness (QED) is 0.750. The minimum absolute atomic E-state index is 0.0135. The molecule has 4 N–H and O–H groups in total. The van der Waals surface area contributed by atoms with Crippen LogP contribution in [0.15, 0.2) is 18.2 Å². The standard InChI is InChI=1S/C13H16FN3O2/c1-7(9-5-16-6-9)13(19)17-11-4-8(12(15)18)2-3-10(11)14/h2-4,7,9,16H,5-6H2,1H3,(H2,15,18)(H,17,19). The second-order valence-electron chi connectivity index (χ2n) is 4.76. The molecule has 2 rings (SSSR count). The first-order valence-corrected chi connectivity index (χ1v) is 6.10. The minimum atomic E-state index is -0.660. The van der Waals surface area contributed by atoms with Crippen LogP contribution in [0.4, 0.5) is 10.1 Å². The summed E-state index contributed by atoms with van der Waals surface area (Å²) < 4.78 is 13.6. The number of primary amides is 1. The van der Waals surface area contributed by atoms with Gasteiger partial charge in [0.2, 0.25) is 11.8 Å². The lowest BCUT2D eigenvalue weighted by Gasteiger charge is -2.31. The van der Waals surface area contributed by atoms with E-state index >= 15 is 0 Å². The summed E-state index contributed by atoms with van der Waals surface area (Å²) in [6.07, 6.45) is 0. The summed E-state index contributed by atoms with van der Waals surface area (Å²) in [5.41, 5.74) is 5.27. The van der Waals surface area contributed by atoms with Crippen LogP contribution >= 0.6 is 0 Å².